The molecule has 6 heteroatoms. The minimum Gasteiger partial charge on any atom is -0.496 e. The smallest absolute Gasteiger partial charge is 0.253 e. The Hall–Kier alpha value is -3.12. The molecule has 1 aromatic heterocycles. The predicted molar refractivity (Wildman–Crippen MR) is 135 cm³/mol. The van der Waals surface area contributed by atoms with Gasteiger partial charge in [-0.2, -0.15) is 0 Å². The van der Waals surface area contributed by atoms with E-state index in [9.17, 15) is 9.18 Å². The van der Waals surface area contributed by atoms with E-state index < -0.39 is 0 Å². The summed E-state index contributed by atoms with van der Waals surface area (Å²) in [6.07, 6.45) is 0. The highest BCUT2D eigenvalue weighted by molar-refractivity contribution is 5.94. The average Bonchev–Trinajstić information content (AvgIpc) is 3.43. The molecule has 1 aliphatic heterocycles. The van der Waals surface area contributed by atoms with Gasteiger partial charge in [0.2, 0.25) is 0 Å². The average molecular weight is 479 g/mol. The molecule has 1 fully saturated rings. The van der Waals surface area contributed by atoms with Crippen LogP contribution in [0.3, 0.4) is 0 Å². The summed E-state index contributed by atoms with van der Waals surface area (Å²) in [5.41, 5.74) is 1.68. The van der Waals surface area contributed by atoms with Gasteiger partial charge in [-0.1, -0.05) is 32.0 Å². The Kier molecular flexibility index (Phi) is 7.91. The van der Waals surface area contributed by atoms with E-state index in [1.165, 1.54) is 12.1 Å². The summed E-state index contributed by atoms with van der Waals surface area (Å²) >= 11 is 0. The number of methoxy groups -OCH3 is 1. The number of halogens is 1. The normalized spacial score (nSPS) is 18.2. The summed E-state index contributed by atoms with van der Waals surface area (Å²) in [6.45, 7) is 9.86. The van der Waals surface area contributed by atoms with E-state index in [4.69, 9.17) is 9.15 Å². The third-order valence-corrected chi connectivity index (χ3v) is 6.65. The monoisotopic (exact) mass is 478 g/mol. The van der Waals surface area contributed by atoms with Crippen molar-refractivity contribution in [1.82, 2.24) is 9.80 Å². The molecule has 1 saturated heterocycles. The second-order valence-electron chi connectivity index (χ2n) is 9.93. The third kappa shape index (κ3) is 6.12. The van der Waals surface area contributed by atoms with Crippen LogP contribution in [0, 0.1) is 24.6 Å². The fourth-order valence-corrected chi connectivity index (χ4v) is 5.13. The third-order valence-electron chi connectivity index (χ3n) is 6.65. The Morgan fingerprint density at radius 3 is 2.51 bits per heavy atom. The molecule has 2 aromatic carbocycles. The van der Waals surface area contributed by atoms with E-state index in [2.05, 4.69) is 24.8 Å². The molecule has 2 heterocycles. The summed E-state index contributed by atoms with van der Waals surface area (Å²) < 4.78 is 25.0. The van der Waals surface area contributed by atoms with Crippen LogP contribution in [0.4, 0.5) is 4.39 Å². The van der Waals surface area contributed by atoms with Gasteiger partial charge in [-0.3, -0.25) is 9.69 Å². The summed E-state index contributed by atoms with van der Waals surface area (Å²) in [6, 6.07) is 18.0. The van der Waals surface area contributed by atoms with E-state index in [1.54, 1.807) is 19.2 Å². The van der Waals surface area contributed by atoms with Crippen LogP contribution < -0.4 is 4.74 Å². The van der Waals surface area contributed by atoms with Crippen molar-refractivity contribution in [3.63, 3.8) is 0 Å². The second kappa shape index (κ2) is 11.1. The van der Waals surface area contributed by atoms with Crippen molar-refractivity contribution in [3.8, 4) is 5.75 Å². The van der Waals surface area contributed by atoms with Crippen LogP contribution in [-0.4, -0.2) is 49.0 Å². The lowest BCUT2D eigenvalue weighted by Gasteiger charge is -2.30. The SMILES string of the molecule is COc1ccccc1[C@@H]1CN(Cc2ccc(C)o2)C[C@H]1CN(CC(C)C)C(=O)c1ccc(F)cc1. The Bertz CT molecular complexity index is 1120. The van der Waals surface area contributed by atoms with Crippen molar-refractivity contribution in [1.29, 1.82) is 0 Å². The van der Waals surface area contributed by atoms with Gasteiger partial charge in [-0.05, 0) is 66.8 Å². The van der Waals surface area contributed by atoms with Crippen LogP contribution in [0.2, 0.25) is 0 Å². The van der Waals surface area contributed by atoms with Gasteiger partial charge < -0.3 is 14.1 Å². The van der Waals surface area contributed by atoms with Gasteiger partial charge in [0.25, 0.3) is 5.91 Å². The molecule has 0 N–H and O–H groups in total. The van der Waals surface area contributed by atoms with E-state index >= 15 is 0 Å². The van der Waals surface area contributed by atoms with E-state index in [-0.39, 0.29) is 23.6 Å². The lowest BCUT2D eigenvalue weighted by atomic mass is 9.87. The highest BCUT2D eigenvalue weighted by atomic mass is 19.1. The number of ether oxygens (including phenoxy) is 1. The molecule has 2 atom stereocenters. The van der Waals surface area contributed by atoms with Crippen LogP contribution in [0.5, 0.6) is 5.75 Å². The fraction of sp³-hybridized carbons (Fsp3) is 0.414. The zero-order valence-electron chi connectivity index (χ0n) is 21.0. The number of hydrogen-bond acceptors (Lipinski definition) is 4. The maximum atomic E-state index is 13.5. The van der Waals surface area contributed by atoms with Crippen molar-refractivity contribution >= 4 is 5.91 Å². The molecular formula is C29H35FN2O3. The van der Waals surface area contributed by atoms with Crippen LogP contribution >= 0.6 is 0 Å². The molecule has 186 valence electrons. The second-order valence-corrected chi connectivity index (χ2v) is 9.93. The first kappa shape index (κ1) is 25.0. The first-order valence-corrected chi connectivity index (χ1v) is 12.3. The zero-order chi connectivity index (χ0) is 24.9. The van der Waals surface area contributed by atoms with Crippen molar-refractivity contribution in [2.45, 2.75) is 33.2 Å². The first-order chi connectivity index (χ1) is 16.8. The maximum absolute atomic E-state index is 13.5. The largest absolute Gasteiger partial charge is 0.496 e. The number of para-hydroxylation sites is 1. The Labute approximate surface area is 207 Å². The Morgan fingerprint density at radius 2 is 1.86 bits per heavy atom. The lowest BCUT2D eigenvalue weighted by molar-refractivity contribution is 0.0702. The quantitative estimate of drug-likeness (QED) is 0.393. The molecule has 0 radical (unpaired) electrons. The molecule has 1 amide bonds. The Balaban J connectivity index is 1.61. The number of amides is 1. The summed E-state index contributed by atoms with van der Waals surface area (Å²) in [4.78, 5) is 17.8. The fourth-order valence-electron chi connectivity index (χ4n) is 5.13. The molecule has 5 nitrogen and oxygen atoms in total. The first-order valence-electron chi connectivity index (χ1n) is 12.3. The number of benzene rings is 2. The zero-order valence-corrected chi connectivity index (χ0v) is 21.0. The van der Waals surface area contributed by atoms with Crippen molar-refractivity contribution in [3.05, 3.63) is 89.1 Å². The minimum atomic E-state index is -0.340. The molecule has 0 aliphatic carbocycles. The molecule has 0 saturated carbocycles. The number of carbonyl (C=O) groups is 1. The van der Waals surface area contributed by atoms with Crippen LogP contribution in [0.25, 0.3) is 0 Å². The van der Waals surface area contributed by atoms with Gasteiger partial charge in [0.1, 0.15) is 23.1 Å². The molecule has 0 unspecified atom stereocenters. The molecule has 3 aromatic rings. The van der Waals surface area contributed by atoms with Gasteiger partial charge in [0.15, 0.2) is 0 Å². The summed E-state index contributed by atoms with van der Waals surface area (Å²) in [7, 11) is 1.70. The predicted octanol–water partition coefficient (Wildman–Crippen LogP) is 5.75. The van der Waals surface area contributed by atoms with Gasteiger partial charge in [-0.15, -0.1) is 0 Å². The minimum absolute atomic E-state index is 0.0578. The van der Waals surface area contributed by atoms with E-state index in [0.29, 0.717) is 24.6 Å². The number of rotatable bonds is 9. The number of furan rings is 1. The van der Waals surface area contributed by atoms with Gasteiger partial charge in [-0.25, -0.2) is 4.39 Å². The highest BCUT2D eigenvalue weighted by Crippen LogP contribution is 2.38. The standard InChI is InChI=1S/C29H35FN2O3/c1-20(2)15-32(29(33)22-10-12-24(30)13-11-22)17-23-16-31(18-25-14-9-21(3)35-25)19-27(23)26-7-5-6-8-28(26)34-4/h5-14,20,23,27H,15-19H2,1-4H3/t23-,27+/m0/s1. The molecule has 1 aliphatic rings. The van der Waals surface area contributed by atoms with Crippen LogP contribution in [0.15, 0.2) is 65.1 Å². The van der Waals surface area contributed by atoms with Gasteiger partial charge in [0, 0.05) is 37.7 Å². The number of aryl methyl sites for hydroxylation is 1. The number of likely N-dealkylation sites (tertiary alicyclic amines) is 1. The molecule has 35 heavy (non-hydrogen) atoms. The van der Waals surface area contributed by atoms with Crippen molar-refractivity contribution in [2.75, 3.05) is 33.3 Å². The number of nitrogens with zero attached hydrogens (tertiary/aromatic N) is 2. The number of hydrogen-bond donors (Lipinski definition) is 0. The van der Waals surface area contributed by atoms with Crippen LogP contribution in [-0.2, 0) is 6.54 Å². The lowest BCUT2D eigenvalue weighted by Crippen LogP contribution is -2.39. The van der Waals surface area contributed by atoms with Crippen molar-refractivity contribution in [2.24, 2.45) is 11.8 Å². The maximum Gasteiger partial charge on any atom is 0.253 e. The van der Waals surface area contributed by atoms with Crippen molar-refractivity contribution < 1.29 is 18.3 Å². The molecule has 4 rings (SSSR count). The molecular weight excluding hydrogens is 443 g/mol. The molecule has 0 bridgehead atoms. The summed E-state index contributed by atoms with van der Waals surface area (Å²) in [5.74, 6) is 3.06. The van der Waals surface area contributed by atoms with Gasteiger partial charge in [0.05, 0.1) is 13.7 Å². The van der Waals surface area contributed by atoms with Crippen LogP contribution in [0.1, 0.15) is 47.2 Å². The van der Waals surface area contributed by atoms with E-state index in [1.807, 2.05) is 42.2 Å². The Morgan fingerprint density at radius 1 is 1.11 bits per heavy atom. The highest BCUT2D eigenvalue weighted by Gasteiger charge is 2.37. The number of carbonyl (C=O) groups excluding carboxylic acids is 1. The van der Waals surface area contributed by atoms with Gasteiger partial charge >= 0.3 is 0 Å². The summed E-state index contributed by atoms with van der Waals surface area (Å²) in [5, 5.41) is 0. The van der Waals surface area contributed by atoms with E-state index in [0.717, 1.165) is 42.5 Å². The topological polar surface area (TPSA) is 45.9 Å². The molecule has 0 spiro atoms.